The molecule has 86 valence electrons. The van der Waals surface area contributed by atoms with Gasteiger partial charge in [-0.3, -0.25) is 0 Å². The summed E-state index contributed by atoms with van der Waals surface area (Å²) in [5, 5.41) is 2.61. The number of rotatable bonds is 3. The van der Waals surface area contributed by atoms with E-state index in [1.807, 2.05) is 24.3 Å². The molecule has 0 bridgehead atoms. The average Bonchev–Trinajstić information content (AvgIpc) is 2.72. The van der Waals surface area contributed by atoms with Crippen LogP contribution in [-0.2, 0) is 10.3 Å². The summed E-state index contributed by atoms with van der Waals surface area (Å²) in [4.78, 5) is 11.2. The maximum absolute atomic E-state index is 11.2. The Morgan fingerprint density at radius 1 is 1.56 bits per heavy atom. The van der Waals surface area contributed by atoms with Gasteiger partial charge in [0.25, 0.3) is 0 Å². The van der Waals surface area contributed by atoms with Crippen molar-refractivity contribution in [2.75, 3.05) is 20.2 Å². The Morgan fingerprint density at radius 2 is 2.31 bits per heavy atom. The molecule has 16 heavy (non-hydrogen) atoms. The van der Waals surface area contributed by atoms with Crippen LogP contribution < -0.4 is 15.8 Å². The predicted octanol–water partition coefficient (Wildman–Crippen LogP) is 0.589. The Labute approximate surface area is 93.5 Å². The highest BCUT2D eigenvalue weighted by molar-refractivity contribution is 5.71. The molecule has 1 heterocycles. The van der Waals surface area contributed by atoms with Crippen molar-refractivity contribution in [1.29, 1.82) is 0 Å². The van der Waals surface area contributed by atoms with Crippen LogP contribution in [-0.4, -0.2) is 26.3 Å². The number of benzene rings is 1. The maximum atomic E-state index is 11.2. The number of cyclic esters (lactones) is 1. The van der Waals surface area contributed by atoms with Gasteiger partial charge in [-0.1, -0.05) is 18.2 Å². The highest BCUT2D eigenvalue weighted by atomic mass is 16.6. The van der Waals surface area contributed by atoms with Crippen molar-refractivity contribution in [3.05, 3.63) is 29.8 Å². The minimum Gasteiger partial charge on any atom is -0.496 e. The number of hydrogen-bond acceptors (Lipinski definition) is 4. The van der Waals surface area contributed by atoms with E-state index in [-0.39, 0.29) is 6.54 Å². The molecule has 1 aromatic carbocycles. The molecule has 0 aromatic heterocycles. The zero-order valence-corrected chi connectivity index (χ0v) is 9.03. The van der Waals surface area contributed by atoms with Crippen LogP contribution in [0.1, 0.15) is 5.56 Å². The number of carbonyl (C=O) groups excluding carboxylic acids is 1. The molecule has 0 spiro atoms. The van der Waals surface area contributed by atoms with E-state index in [0.29, 0.717) is 12.3 Å². The largest absolute Gasteiger partial charge is 0.496 e. The normalized spacial score (nSPS) is 23.8. The van der Waals surface area contributed by atoms with E-state index in [2.05, 4.69) is 5.32 Å². The number of para-hydroxylation sites is 1. The molecular weight excluding hydrogens is 208 g/mol. The van der Waals surface area contributed by atoms with Crippen LogP contribution in [0.15, 0.2) is 24.3 Å². The van der Waals surface area contributed by atoms with Gasteiger partial charge in [-0.2, -0.15) is 0 Å². The maximum Gasteiger partial charge on any atom is 0.408 e. The number of methoxy groups -OCH3 is 1. The van der Waals surface area contributed by atoms with E-state index >= 15 is 0 Å². The minimum atomic E-state index is -0.816. The second-order valence-electron chi connectivity index (χ2n) is 3.64. The third kappa shape index (κ3) is 1.59. The summed E-state index contributed by atoms with van der Waals surface area (Å²) in [6.07, 6.45) is -0.448. The third-order valence-corrected chi connectivity index (χ3v) is 2.73. The smallest absolute Gasteiger partial charge is 0.408 e. The predicted molar refractivity (Wildman–Crippen MR) is 58.2 cm³/mol. The fourth-order valence-corrected chi connectivity index (χ4v) is 1.86. The Kier molecular flexibility index (Phi) is 2.70. The molecule has 1 aliphatic heterocycles. The van der Waals surface area contributed by atoms with Crippen molar-refractivity contribution in [2.45, 2.75) is 5.60 Å². The zero-order valence-electron chi connectivity index (χ0n) is 9.03. The molecule has 1 aliphatic rings. The molecule has 1 saturated heterocycles. The molecule has 3 N–H and O–H groups in total. The number of nitrogens with one attached hydrogen (secondary N) is 1. The molecule has 1 aromatic rings. The molecule has 0 aliphatic carbocycles. The van der Waals surface area contributed by atoms with Gasteiger partial charge in [0.15, 0.2) is 5.60 Å². The van der Waals surface area contributed by atoms with Gasteiger partial charge >= 0.3 is 6.09 Å². The lowest BCUT2D eigenvalue weighted by molar-refractivity contribution is 0.0597. The summed E-state index contributed by atoms with van der Waals surface area (Å²) >= 11 is 0. The van der Waals surface area contributed by atoms with Gasteiger partial charge in [-0.15, -0.1) is 0 Å². The van der Waals surface area contributed by atoms with E-state index in [4.69, 9.17) is 15.2 Å². The van der Waals surface area contributed by atoms with E-state index in [1.54, 1.807) is 7.11 Å². The second kappa shape index (κ2) is 4.02. The van der Waals surface area contributed by atoms with Crippen molar-refractivity contribution >= 4 is 6.09 Å². The van der Waals surface area contributed by atoms with Crippen LogP contribution in [0.5, 0.6) is 5.75 Å². The number of amides is 1. The fraction of sp³-hybridized carbons (Fsp3) is 0.364. The number of hydrogen-bond donors (Lipinski definition) is 2. The summed E-state index contributed by atoms with van der Waals surface area (Å²) in [6.45, 7) is 0.578. The lowest BCUT2D eigenvalue weighted by atomic mass is 9.93. The first kappa shape index (κ1) is 10.8. The molecular formula is C11H14N2O3. The molecule has 5 nitrogen and oxygen atoms in total. The first-order valence-electron chi connectivity index (χ1n) is 5.02. The Balaban J connectivity index is 2.44. The highest BCUT2D eigenvalue weighted by Gasteiger charge is 2.42. The van der Waals surface area contributed by atoms with Crippen LogP contribution in [0.2, 0.25) is 0 Å². The van der Waals surface area contributed by atoms with E-state index in [1.165, 1.54) is 0 Å². The average molecular weight is 222 g/mol. The monoisotopic (exact) mass is 222 g/mol. The van der Waals surface area contributed by atoms with Gasteiger partial charge in [0.1, 0.15) is 5.75 Å². The Bertz CT molecular complexity index is 408. The molecule has 0 saturated carbocycles. The summed E-state index contributed by atoms with van der Waals surface area (Å²) in [5.41, 5.74) is 5.69. The van der Waals surface area contributed by atoms with Crippen LogP contribution in [0.4, 0.5) is 4.79 Å². The highest BCUT2D eigenvalue weighted by Crippen LogP contribution is 2.34. The van der Waals surface area contributed by atoms with Crippen molar-refractivity contribution in [3.8, 4) is 5.75 Å². The molecule has 0 radical (unpaired) electrons. The molecule has 1 atom stereocenters. The van der Waals surface area contributed by atoms with E-state index in [0.717, 1.165) is 5.56 Å². The van der Waals surface area contributed by atoms with Gasteiger partial charge in [0.05, 0.1) is 13.7 Å². The zero-order chi connectivity index (χ0) is 11.6. The lowest BCUT2D eigenvalue weighted by Crippen LogP contribution is -2.38. The van der Waals surface area contributed by atoms with Gasteiger partial charge in [0.2, 0.25) is 0 Å². The third-order valence-electron chi connectivity index (χ3n) is 2.73. The minimum absolute atomic E-state index is 0.214. The second-order valence-corrected chi connectivity index (χ2v) is 3.64. The SMILES string of the molecule is COc1ccccc1C1(CN)CNC(=O)O1. The molecule has 2 rings (SSSR count). The summed E-state index contributed by atoms with van der Waals surface area (Å²) < 4.78 is 10.5. The topological polar surface area (TPSA) is 73.6 Å². The van der Waals surface area contributed by atoms with E-state index < -0.39 is 11.7 Å². The number of alkyl carbamates (subject to hydrolysis) is 1. The number of carbonyl (C=O) groups is 1. The number of nitrogens with two attached hydrogens (primary N) is 1. The first-order chi connectivity index (χ1) is 7.72. The van der Waals surface area contributed by atoms with Crippen molar-refractivity contribution in [2.24, 2.45) is 5.73 Å². The quantitative estimate of drug-likeness (QED) is 0.785. The molecule has 1 unspecified atom stereocenters. The van der Waals surface area contributed by atoms with Crippen molar-refractivity contribution in [1.82, 2.24) is 5.32 Å². The molecule has 1 fully saturated rings. The fourth-order valence-electron chi connectivity index (χ4n) is 1.86. The number of ether oxygens (including phenoxy) is 2. The standard InChI is InChI=1S/C11H14N2O3/c1-15-9-5-3-2-4-8(9)11(6-12)7-13-10(14)16-11/h2-5H,6-7,12H2,1H3,(H,13,14). The van der Waals surface area contributed by atoms with Gasteiger partial charge < -0.3 is 20.5 Å². The molecule has 1 amide bonds. The summed E-state index contributed by atoms with van der Waals surface area (Å²) in [6, 6.07) is 7.39. The van der Waals surface area contributed by atoms with Crippen molar-refractivity contribution < 1.29 is 14.3 Å². The van der Waals surface area contributed by atoms with E-state index in [9.17, 15) is 4.79 Å². The van der Waals surface area contributed by atoms with Crippen LogP contribution in [0.25, 0.3) is 0 Å². The van der Waals surface area contributed by atoms with Gasteiger partial charge in [0, 0.05) is 12.1 Å². The van der Waals surface area contributed by atoms with Crippen molar-refractivity contribution in [3.63, 3.8) is 0 Å². The van der Waals surface area contributed by atoms with Crippen LogP contribution >= 0.6 is 0 Å². The summed E-state index contributed by atoms with van der Waals surface area (Å²) in [5.74, 6) is 0.671. The lowest BCUT2D eigenvalue weighted by Gasteiger charge is -2.26. The summed E-state index contributed by atoms with van der Waals surface area (Å²) in [7, 11) is 1.58. The van der Waals surface area contributed by atoms with Gasteiger partial charge in [-0.25, -0.2) is 4.79 Å². The van der Waals surface area contributed by atoms with Gasteiger partial charge in [-0.05, 0) is 6.07 Å². The first-order valence-corrected chi connectivity index (χ1v) is 5.02. The van der Waals surface area contributed by atoms with Crippen LogP contribution in [0.3, 0.4) is 0 Å². The molecule has 5 heteroatoms. The Hall–Kier alpha value is -1.75. The van der Waals surface area contributed by atoms with Crippen LogP contribution in [0, 0.1) is 0 Å². The Morgan fingerprint density at radius 3 is 2.88 bits per heavy atom.